The van der Waals surface area contributed by atoms with Crippen molar-refractivity contribution in [2.24, 2.45) is 0 Å². The van der Waals surface area contributed by atoms with Crippen LogP contribution in [0, 0.1) is 11.6 Å². The first kappa shape index (κ1) is 14.2. The second-order valence-corrected chi connectivity index (χ2v) is 4.34. The molecular formula is C14H16F2N4. The molecule has 0 radical (unpaired) electrons. The summed E-state index contributed by atoms with van der Waals surface area (Å²) in [7, 11) is 1.75. The van der Waals surface area contributed by atoms with Crippen LogP contribution in [0.1, 0.15) is 19.2 Å². The summed E-state index contributed by atoms with van der Waals surface area (Å²) in [5.41, 5.74) is 0.311. The van der Waals surface area contributed by atoms with Crippen LogP contribution in [0.3, 0.4) is 0 Å². The smallest absolute Gasteiger partial charge is 0.136 e. The van der Waals surface area contributed by atoms with E-state index < -0.39 is 11.6 Å². The van der Waals surface area contributed by atoms with Crippen molar-refractivity contribution in [1.29, 1.82) is 0 Å². The number of anilines is 3. The van der Waals surface area contributed by atoms with Crippen LogP contribution in [-0.4, -0.2) is 17.0 Å². The molecule has 6 heteroatoms. The van der Waals surface area contributed by atoms with Gasteiger partial charge in [-0.15, -0.1) is 0 Å². The summed E-state index contributed by atoms with van der Waals surface area (Å²) < 4.78 is 26.3. The van der Waals surface area contributed by atoms with Crippen LogP contribution >= 0.6 is 0 Å². The van der Waals surface area contributed by atoms with Crippen LogP contribution in [0.2, 0.25) is 0 Å². The molecule has 0 aliphatic rings. The number of aryl methyl sites for hydroxylation is 1. The van der Waals surface area contributed by atoms with Gasteiger partial charge in [0.2, 0.25) is 0 Å². The maximum Gasteiger partial charge on any atom is 0.136 e. The first-order valence-corrected chi connectivity index (χ1v) is 6.39. The highest BCUT2D eigenvalue weighted by atomic mass is 19.1. The Kier molecular flexibility index (Phi) is 4.45. The number of rotatable bonds is 5. The molecule has 0 saturated heterocycles. The Morgan fingerprint density at radius 2 is 1.65 bits per heavy atom. The average molecular weight is 278 g/mol. The molecule has 2 aromatic rings. The zero-order valence-electron chi connectivity index (χ0n) is 11.4. The van der Waals surface area contributed by atoms with E-state index in [1.807, 2.05) is 6.92 Å². The molecule has 1 aromatic carbocycles. The van der Waals surface area contributed by atoms with Crippen LogP contribution in [0.15, 0.2) is 24.3 Å². The van der Waals surface area contributed by atoms with E-state index in [1.54, 1.807) is 13.1 Å². The SMILES string of the molecule is CCCc1nc(NC)cc(Nc2cc(F)cc(F)c2)n1. The topological polar surface area (TPSA) is 49.8 Å². The number of nitrogens with zero attached hydrogens (tertiary/aromatic N) is 2. The molecule has 0 bridgehead atoms. The number of benzene rings is 1. The van der Waals surface area contributed by atoms with Crippen molar-refractivity contribution in [3.05, 3.63) is 41.7 Å². The normalized spacial score (nSPS) is 10.4. The van der Waals surface area contributed by atoms with Gasteiger partial charge in [-0.05, 0) is 18.6 Å². The molecule has 0 unspecified atom stereocenters. The standard InChI is InChI=1S/C14H16F2N4/c1-3-4-12-19-13(17-2)8-14(20-12)18-11-6-9(15)5-10(16)7-11/h5-8H,3-4H2,1-2H3,(H2,17,18,19,20). The van der Waals surface area contributed by atoms with E-state index in [2.05, 4.69) is 20.6 Å². The van der Waals surface area contributed by atoms with Crippen LogP contribution in [0.25, 0.3) is 0 Å². The van der Waals surface area contributed by atoms with Crippen molar-refractivity contribution < 1.29 is 8.78 Å². The van der Waals surface area contributed by atoms with Gasteiger partial charge in [0.05, 0.1) is 0 Å². The average Bonchev–Trinajstić information content (AvgIpc) is 2.37. The molecule has 0 aliphatic heterocycles. The summed E-state index contributed by atoms with van der Waals surface area (Å²) in [6.45, 7) is 2.03. The Hall–Kier alpha value is -2.24. The van der Waals surface area contributed by atoms with Gasteiger partial charge in [-0.2, -0.15) is 0 Å². The first-order chi connectivity index (χ1) is 9.60. The van der Waals surface area contributed by atoms with E-state index in [4.69, 9.17) is 0 Å². The Bertz CT molecular complexity index is 581. The molecule has 0 amide bonds. The number of hydrogen-bond donors (Lipinski definition) is 2. The third-order valence-electron chi connectivity index (χ3n) is 2.64. The summed E-state index contributed by atoms with van der Waals surface area (Å²) in [4.78, 5) is 8.63. The molecule has 20 heavy (non-hydrogen) atoms. The maximum absolute atomic E-state index is 13.2. The fourth-order valence-corrected chi connectivity index (χ4v) is 1.80. The zero-order valence-corrected chi connectivity index (χ0v) is 11.4. The zero-order chi connectivity index (χ0) is 14.5. The van der Waals surface area contributed by atoms with Crippen LogP contribution in [0.5, 0.6) is 0 Å². The number of nitrogens with one attached hydrogen (secondary N) is 2. The number of hydrogen-bond acceptors (Lipinski definition) is 4. The Balaban J connectivity index is 2.29. The van der Waals surface area contributed by atoms with E-state index in [0.29, 0.717) is 23.1 Å². The molecule has 0 saturated carbocycles. The predicted molar refractivity (Wildman–Crippen MR) is 75.2 cm³/mol. The Morgan fingerprint density at radius 3 is 2.25 bits per heavy atom. The van der Waals surface area contributed by atoms with Gasteiger partial charge >= 0.3 is 0 Å². The Labute approximate surface area is 116 Å². The minimum Gasteiger partial charge on any atom is -0.373 e. The van der Waals surface area contributed by atoms with Crippen LogP contribution < -0.4 is 10.6 Å². The third kappa shape index (κ3) is 3.63. The van der Waals surface area contributed by atoms with Gasteiger partial charge in [-0.1, -0.05) is 6.92 Å². The van der Waals surface area contributed by atoms with Gasteiger partial charge in [-0.25, -0.2) is 18.7 Å². The molecule has 2 N–H and O–H groups in total. The van der Waals surface area contributed by atoms with Crippen molar-refractivity contribution in [1.82, 2.24) is 9.97 Å². The van der Waals surface area contributed by atoms with Crippen molar-refractivity contribution in [3.63, 3.8) is 0 Å². The van der Waals surface area contributed by atoms with Gasteiger partial charge in [0.15, 0.2) is 0 Å². The van der Waals surface area contributed by atoms with Gasteiger partial charge in [-0.3, -0.25) is 0 Å². The number of aromatic nitrogens is 2. The number of halogens is 2. The molecule has 0 spiro atoms. The monoisotopic (exact) mass is 278 g/mol. The lowest BCUT2D eigenvalue weighted by molar-refractivity contribution is 0.584. The molecule has 0 atom stereocenters. The summed E-state index contributed by atoms with van der Waals surface area (Å²) in [6.07, 6.45) is 1.66. The van der Waals surface area contributed by atoms with E-state index in [9.17, 15) is 8.78 Å². The fourth-order valence-electron chi connectivity index (χ4n) is 1.80. The molecule has 4 nitrogen and oxygen atoms in total. The first-order valence-electron chi connectivity index (χ1n) is 6.39. The van der Waals surface area contributed by atoms with Crippen LogP contribution in [-0.2, 0) is 6.42 Å². The van der Waals surface area contributed by atoms with Crippen molar-refractivity contribution >= 4 is 17.3 Å². The van der Waals surface area contributed by atoms with Crippen LogP contribution in [0.4, 0.5) is 26.1 Å². The van der Waals surface area contributed by atoms with E-state index in [-0.39, 0.29) is 0 Å². The summed E-state index contributed by atoms with van der Waals surface area (Å²) in [5, 5.41) is 5.82. The largest absolute Gasteiger partial charge is 0.373 e. The lowest BCUT2D eigenvalue weighted by Crippen LogP contribution is -2.04. The van der Waals surface area contributed by atoms with Crippen molar-refractivity contribution in [3.8, 4) is 0 Å². The van der Waals surface area contributed by atoms with E-state index >= 15 is 0 Å². The minimum atomic E-state index is -0.635. The molecule has 106 valence electrons. The summed E-state index contributed by atoms with van der Waals surface area (Å²) in [5.74, 6) is 0.563. The highest BCUT2D eigenvalue weighted by molar-refractivity contribution is 5.59. The summed E-state index contributed by atoms with van der Waals surface area (Å²) >= 11 is 0. The van der Waals surface area contributed by atoms with Gasteiger partial charge in [0.1, 0.15) is 29.1 Å². The highest BCUT2D eigenvalue weighted by Gasteiger charge is 2.06. The second-order valence-electron chi connectivity index (χ2n) is 4.34. The molecule has 1 aromatic heterocycles. The molecule has 1 heterocycles. The highest BCUT2D eigenvalue weighted by Crippen LogP contribution is 2.19. The molecule has 2 rings (SSSR count). The predicted octanol–water partition coefficient (Wildman–Crippen LogP) is 3.49. The minimum absolute atomic E-state index is 0.311. The molecular weight excluding hydrogens is 262 g/mol. The maximum atomic E-state index is 13.2. The summed E-state index contributed by atoms with van der Waals surface area (Å²) in [6, 6.07) is 4.93. The quantitative estimate of drug-likeness (QED) is 0.879. The molecule has 0 aliphatic carbocycles. The lowest BCUT2D eigenvalue weighted by atomic mass is 10.3. The van der Waals surface area contributed by atoms with E-state index in [0.717, 1.165) is 18.9 Å². The second kappa shape index (κ2) is 6.27. The van der Waals surface area contributed by atoms with Crippen molar-refractivity contribution in [2.45, 2.75) is 19.8 Å². The fraction of sp³-hybridized carbons (Fsp3) is 0.286. The Morgan fingerprint density at radius 1 is 1.00 bits per heavy atom. The van der Waals surface area contributed by atoms with Gasteiger partial charge < -0.3 is 10.6 Å². The lowest BCUT2D eigenvalue weighted by Gasteiger charge is -2.10. The third-order valence-corrected chi connectivity index (χ3v) is 2.64. The molecule has 0 fully saturated rings. The van der Waals surface area contributed by atoms with Gasteiger partial charge in [0, 0.05) is 31.3 Å². The van der Waals surface area contributed by atoms with Gasteiger partial charge in [0.25, 0.3) is 0 Å². The van der Waals surface area contributed by atoms with Crippen molar-refractivity contribution in [2.75, 3.05) is 17.7 Å². The van der Waals surface area contributed by atoms with E-state index in [1.165, 1.54) is 12.1 Å².